The van der Waals surface area contributed by atoms with Gasteiger partial charge in [0.2, 0.25) is 0 Å². The third-order valence-corrected chi connectivity index (χ3v) is 3.29. The average molecular weight is 242 g/mol. The zero-order valence-corrected chi connectivity index (χ0v) is 8.79. The molecule has 13 heavy (non-hydrogen) atoms. The highest BCUT2D eigenvalue weighted by molar-refractivity contribution is 9.10. The van der Waals surface area contributed by atoms with Crippen molar-refractivity contribution in [3.05, 3.63) is 33.8 Å². The molecule has 0 fully saturated rings. The first-order chi connectivity index (χ1) is 6.20. The van der Waals surface area contributed by atoms with E-state index >= 15 is 0 Å². The summed E-state index contributed by atoms with van der Waals surface area (Å²) in [6, 6.07) is 5.81. The van der Waals surface area contributed by atoms with Crippen molar-refractivity contribution in [2.45, 2.75) is 25.0 Å². The first-order valence-corrected chi connectivity index (χ1v) is 5.20. The summed E-state index contributed by atoms with van der Waals surface area (Å²) in [4.78, 5) is 0. The molecule has 1 aromatic carbocycles. The molecule has 0 radical (unpaired) electrons. The number of hydrogen-bond donors (Lipinski definition) is 2. The molecule has 0 unspecified atom stereocenters. The smallest absolute Gasteiger partial charge is 0.0736 e. The minimum Gasteiger partial charge on any atom is -0.391 e. The molecule has 0 spiro atoms. The van der Waals surface area contributed by atoms with Crippen molar-refractivity contribution in [2.75, 3.05) is 0 Å². The van der Waals surface area contributed by atoms with E-state index in [1.165, 1.54) is 5.56 Å². The van der Waals surface area contributed by atoms with Gasteiger partial charge in [0.25, 0.3) is 0 Å². The Morgan fingerprint density at radius 3 is 3.00 bits per heavy atom. The summed E-state index contributed by atoms with van der Waals surface area (Å²) in [6.45, 7) is 0. The lowest BCUT2D eigenvalue weighted by Crippen LogP contribution is -2.31. The predicted octanol–water partition coefficient (Wildman–Crippen LogP) is 1.76. The van der Waals surface area contributed by atoms with Crippen LogP contribution in [0.2, 0.25) is 0 Å². The number of rotatable bonds is 0. The van der Waals surface area contributed by atoms with Crippen molar-refractivity contribution < 1.29 is 5.11 Å². The highest BCUT2D eigenvalue weighted by Gasteiger charge is 2.26. The quantitative estimate of drug-likeness (QED) is 0.728. The fourth-order valence-corrected chi connectivity index (χ4v) is 2.52. The van der Waals surface area contributed by atoms with E-state index in [0.717, 1.165) is 22.9 Å². The van der Waals surface area contributed by atoms with Gasteiger partial charge in [0.1, 0.15) is 0 Å². The fraction of sp³-hybridized carbons (Fsp3) is 0.400. The maximum atomic E-state index is 9.60. The van der Waals surface area contributed by atoms with E-state index in [1.54, 1.807) is 0 Å². The van der Waals surface area contributed by atoms with E-state index in [0.29, 0.717) is 0 Å². The van der Waals surface area contributed by atoms with Crippen LogP contribution in [0.1, 0.15) is 23.6 Å². The zero-order valence-electron chi connectivity index (χ0n) is 7.20. The zero-order chi connectivity index (χ0) is 9.42. The van der Waals surface area contributed by atoms with Crippen LogP contribution in [0.5, 0.6) is 0 Å². The minimum absolute atomic E-state index is 0.237. The topological polar surface area (TPSA) is 46.2 Å². The SMILES string of the molecule is N[C@@H]1c2c(Br)cccc2CC[C@H]1O. The van der Waals surface area contributed by atoms with Crippen LogP contribution in [0, 0.1) is 0 Å². The molecule has 2 nitrogen and oxygen atoms in total. The Labute approximate surface area is 85.9 Å². The van der Waals surface area contributed by atoms with E-state index in [4.69, 9.17) is 5.73 Å². The number of aliphatic hydroxyl groups is 1. The van der Waals surface area contributed by atoms with Crippen LogP contribution in [0.3, 0.4) is 0 Å². The molecule has 2 rings (SSSR count). The molecule has 0 aliphatic heterocycles. The molecule has 0 amide bonds. The molecule has 3 N–H and O–H groups in total. The summed E-state index contributed by atoms with van der Waals surface area (Å²) < 4.78 is 1.01. The van der Waals surface area contributed by atoms with Crippen molar-refractivity contribution in [3.63, 3.8) is 0 Å². The van der Waals surface area contributed by atoms with E-state index in [9.17, 15) is 5.11 Å². The Bertz CT molecular complexity index is 327. The van der Waals surface area contributed by atoms with Gasteiger partial charge in [-0.2, -0.15) is 0 Å². The molecule has 0 heterocycles. The molecule has 3 heteroatoms. The van der Waals surface area contributed by atoms with Crippen LogP contribution in [-0.4, -0.2) is 11.2 Å². The van der Waals surface area contributed by atoms with Crippen LogP contribution in [-0.2, 0) is 6.42 Å². The second-order valence-electron chi connectivity index (χ2n) is 3.44. The molecular formula is C10H12BrNO. The normalized spacial score (nSPS) is 27.0. The molecule has 2 atom stereocenters. The Hall–Kier alpha value is -0.380. The van der Waals surface area contributed by atoms with Crippen LogP contribution < -0.4 is 5.73 Å². The summed E-state index contributed by atoms with van der Waals surface area (Å²) in [5, 5.41) is 9.60. The van der Waals surface area contributed by atoms with Crippen molar-refractivity contribution in [1.82, 2.24) is 0 Å². The monoisotopic (exact) mass is 241 g/mol. The Morgan fingerprint density at radius 2 is 2.23 bits per heavy atom. The van der Waals surface area contributed by atoms with Gasteiger partial charge >= 0.3 is 0 Å². The number of hydrogen-bond acceptors (Lipinski definition) is 2. The van der Waals surface area contributed by atoms with E-state index in [1.807, 2.05) is 12.1 Å². The number of nitrogens with two attached hydrogens (primary N) is 1. The molecule has 1 aromatic rings. The summed E-state index contributed by atoms with van der Waals surface area (Å²) >= 11 is 3.46. The molecule has 1 aliphatic carbocycles. The minimum atomic E-state index is -0.397. The Morgan fingerprint density at radius 1 is 1.46 bits per heavy atom. The molecule has 70 valence electrons. The van der Waals surface area contributed by atoms with Gasteiger partial charge in [-0.25, -0.2) is 0 Å². The lowest BCUT2D eigenvalue weighted by Gasteiger charge is -2.28. The van der Waals surface area contributed by atoms with Crippen LogP contribution >= 0.6 is 15.9 Å². The highest BCUT2D eigenvalue weighted by atomic mass is 79.9. The standard InChI is InChI=1S/C10H12BrNO/c11-7-3-1-2-6-4-5-8(13)10(12)9(6)7/h1-3,8,10,13H,4-5,12H2/t8-,10+/m1/s1. The summed E-state index contributed by atoms with van der Waals surface area (Å²) in [5.74, 6) is 0. The van der Waals surface area contributed by atoms with Gasteiger partial charge in [-0.1, -0.05) is 28.1 Å². The van der Waals surface area contributed by atoms with Gasteiger partial charge in [0.05, 0.1) is 12.1 Å². The summed E-state index contributed by atoms with van der Waals surface area (Å²) in [7, 11) is 0. The third-order valence-electron chi connectivity index (χ3n) is 2.60. The molecule has 0 saturated heterocycles. The first-order valence-electron chi connectivity index (χ1n) is 4.41. The van der Waals surface area contributed by atoms with Crippen molar-refractivity contribution >= 4 is 15.9 Å². The largest absolute Gasteiger partial charge is 0.391 e. The van der Waals surface area contributed by atoms with Crippen LogP contribution in [0.25, 0.3) is 0 Å². The lowest BCUT2D eigenvalue weighted by molar-refractivity contribution is 0.127. The number of halogens is 1. The van der Waals surface area contributed by atoms with Gasteiger partial charge in [-0.3, -0.25) is 0 Å². The van der Waals surface area contributed by atoms with E-state index in [-0.39, 0.29) is 6.04 Å². The lowest BCUT2D eigenvalue weighted by atomic mass is 9.86. The first kappa shape index (κ1) is 9.19. The maximum absolute atomic E-state index is 9.60. The maximum Gasteiger partial charge on any atom is 0.0736 e. The second-order valence-corrected chi connectivity index (χ2v) is 4.30. The van der Waals surface area contributed by atoms with E-state index < -0.39 is 6.10 Å². The Kier molecular flexibility index (Phi) is 2.41. The molecule has 0 bridgehead atoms. The van der Waals surface area contributed by atoms with Gasteiger partial charge in [0, 0.05) is 4.47 Å². The molecule has 0 aromatic heterocycles. The molecule has 1 aliphatic rings. The Balaban J connectivity index is 2.51. The van der Waals surface area contributed by atoms with Crippen molar-refractivity contribution in [3.8, 4) is 0 Å². The van der Waals surface area contributed by atoms with Crippen molar-refractivity contribution in [2.24, 2.45) is 5.73 Å². The van der Waals surface area contributed by atoms with Crippen LogP contribution in [0.4, 0.5) is 0 Å². The van der Waals surface area contributed by atoms with Crippen molar-refractivity contribution in [1.29, 1.82) is 0 Å². The fourth-order valence-electron chi connectivity index (χ4n) is 1.85. The highest BCUT2D eigenvalue weighted by Crippen LogP contribution is 2.33. The van der Waals surface area contributed by atoms with Gasteiger partial charge < -0.3 is 10.8 Å². The number of aliphatic hydroxyl groups excluding tert-OH is 1. The van der Waals surface area contributed by atoms with Gasteiger partial charge in [-0.15, -0.1) is 0 Å². The summed E-state index contributed by atoms with van der Waals surface area (Å²) in [6.07, 6.45) is 1.29. The second kappa shape index (κ2) is 3.40. The van der Waals surface area contributed by atoms with Crippen LogP contribution in [0.15, 0.2) is 22.7 Å². The summed E-state index contributed by atoms with van der Waals surface area (Å²) in [5.41, 5.74) is 8.24. The molecule has 0 saturated carbocycles. The number of aryl methyl sites for hydroxylation is 1. The van der Waals surface area contributed by atoms with E-state index in [2.05, 4.69) is 22.0 Å². The van der Waals surface area contributed by atoms with Gasteiger partial charge in [-0.05, 0) is 30.0 Å². The third kappa shape index (κ3) is 1.52. The average Bonchev–Trinajstić information content (AvgIpc) is 2.12. The number of fused-ring (bicyclic) bond motifs is 1. The number of benzene rings is 1. The van der Waals surface area contributed by atoms with Gasteiger partial charge in [0.15, 0.2) is 0 Å². The molecular weight excluding hydrogens is 230 g/mol. The predicted molar refractivity (Wildman–Crippen MR) is 55.4 cm³/mol.